The molecule has 0 bridgehead atoms. The summed E-state index contributed by atoms with van der Waals surface area (Å²) in [5.41, 5.74) is 0.570. The highest BCUT2D eigenvalue weighted by Crippen LogP contribution is 1.94. The van der Waals surface area contributed by atoms with Crippen molar-refractivity contribution < 1.29 is 4.79 Å². The lowest BCUT2D eigenvalue weighted by molar-refractivity contribution is 0.111. The SMILES string of the molecule is C=N/C=C\C=C/Cn1nccc1C=O. The van der Waals surface area contributed by atoms with Gasteiger partial charge in [0.15, 0.2) is 6.29 Å². The molecule has 1 aromatic heterocycles. The van der Waals surface area contributed by atoms with Crippen molar-refractivity contribution in [1.29, 1.82) is 0 Å². The first-order chi connectivity index (χ1) is 6.88. The van der Waals surface area contributed by atoms with Gasteiger partial charge in [-0.3, -0.25) is 14.5 Å². The molecule has 1 rings (SSSR count). The third-order valence-electron chi connectivity index (χ3n) is 1.59. The molecule has 0 spiro atoms. The van der Waals surface area contributed by atoms with Gasteiger partial charge in [0, 0.05) is 12.4 Å². The fourth-order valence-electron chi connectivity index (χ4n) is 0.945. The minimum Gasteiger partial charge on any atom is -0.296 e. The minimum atomic E-state index is 0.570. The molecule has 0 aromatic carbocycles. The van der Waals surface area contributed by atoms with Crippen LogP contribution in [0.4, 0.5) is 0 Å². The molecule has 0 amide bonds. The second-order valence-corrected chi connectivity index (χ2v) is 2.51. The first-order valence-electron chi connectivity index (χ1n) is 4.13. The molecule has 0 fully saturated rings. The average molecular weight is 189 g/mol. The van der Waals surface area contributed by atoms with Gasteiger partial charge in [0.2, 0.25) is 0 Å². The van der Waals surface area contributed by atoms with Gasteiger partial charge < -0.3 is 0 Å². The van der Waals surface area contributed by atoms with Crippen molar-refractivity contribution in [3.8, 4) is 0 Å². The van der Waals surface area contributed by atoms with Crippen LogP contribution in [0.25, 0.3) is 0 Å². The summed E-state index contributed by atoms with van der Waals surface area (Å²) in [4.78, 5) is 14.0. The van der Waals surface area contributed by atoms with Crippen LogP contribution in [0.1, 0.15) is 10.5 Å². The van der Waals surface area contributed by atoms with Crippen LogP contribution in [0, 0.1) is 0 Å². The number of aldehydes is 1. The van der Waals surface area contributed by atoms with E-state index < -0.39 is 0 Å². The minimum absolute atomic E-state index is 0.570. The Balaban J connectivity index is 2.52. The van der Waals surface area contributed by atoms with Gasteiger partial charge in [0.05, 0.1) is 6.54 Å². The van der Waals surface area contributed by atoms with E-state index in [9.17, 15) is 4.79 Å². The largest absolute Gasteiger partial charge is 0.296 e. The summed E-state index contributed by atoms with van der Waals surface area (Å²) in [6, 6.07) is 1.67. The number of allylic oxidation sites excluding steroid dienone is 3. The number of carbonyl (C=O) groups is 1. The summed E-state index contributed by atoms with van der Waals surface area (Å²) in [5.74, 6) is 0. The molecule has 0 unspecified atom stereocenters. The number of aliphatic imine (C=N–C) groups is 1. The molecule has 0 aliphatic heterocycles. The van der Waals surface area contributed by atoms with Crippen LogP contribution < -0.4 is 0 Å². The molecule has 1 aromatic rings. The average Bonchev–Trinajstić information content (AvgIpc) is 2.65. The molecule has 0 saturated carbocycles. The standard InChI is InChI=1S/C10H11N3O/c1-11-6-3-2-4-8-13-10(9-14)5-7-12-13/h2-7,9H,1,8H2/b4-2-,6-3-. The summed E-state index contributed by atoms with van der Waals surface area (Å²) in [7, 11) is 0. The predicted molar refractivity (Wildman–Crippen MR) is 55.4 cm³/mol. The second kappa shape index (κ2) is 5.64. The molecule has 4 nitrogen and oxygen atoms in total. The number of hydrogen-bond donors (Lipinski definition) is 0. The highest BCUT2D eigenvalue weighted by Gasteiger charge is 1.96. The van der Waals surface area contributed by atoms with E-state index in [-0.39, 0.29) is 0 Å². The number of rotatable bonds is 5. The molecule has 14 heavy (non-hydrogen) atoms. The van der Waals surface area contributed by atoms with Crippen molar-refractivity contribution in [2.45, 2.75) is 6.54 Å². The molecule has 1 heterocycles. The Morgan fingerprint density at radius 2 is 2.43 bits per heavy atom. The van der Waals surface area contributed by atoms with E-state index in [1.54, 1.807) is 29.2 Å². The topological polar surface area (TPSA) is 47.2 Å². The molecule has 0 aliphatic rings. The van der Waals surface area contributed by atoms with Gasteiger partial charge in [0.1, 0.15) is 5.69 Å². The van der Waals surface area contributed by atoms with Crippen molar-refractivity contribution in [2.75, 3.05) is 0 Å². The highest BCUT2D eigenvalue weighted by atomic mass is 16.1. The Labute approximate surface area is 82.3 Å². The van der Waals surface area contributed by atoms with E-state index in [0.29, 0.717) is 12.2 Å². The molecule has 72 valence electrons. The van der Waals surface area contributed by atoms with E-state index >= 15 is 0 Å². The second-order valence-electron chi connectivity index (χ2n) is 2.51. The van der Waals surface area contributed by atoms with Crippen LogP contribution in [0.2, 0.25) is 0 Å². The maximum atomic E-state index is 10.5. The van der Waals surface area contributed by atoms with Gasteiger partial charge in [-0.2, -0.15) is 5.10 Å². The van der Waals surface area contributed by atoms with Crippen molar-refractivity contribution in [3.63, 3.8) is 0 Å². The van der Waals surface area contributed by atoms with E-state index in [1.165, 1.54) is 0 Å². The summed E-state index contributed by atoms with van der Waals surface area (Å²) in [6.07, 6.45) is 9.42. The first kappa shape index (κ1) is 10.1. The molecular formula is C10H11N3O. The molecule has 0 radical (unpaired) electrons. The Kier molecular flexibility index (Phi) is 4.07. The van der Waals surface area contributed by atoms with Crippen molar-refractivity contribution >= 4 is 13.0 Å². The summed E-state index contributed by atoms with van der Waals surface area (Å²) < 4.78 is 1.61. The van der Waals surface area contributed by atoms with Crippen LogP contribution in [0.15, 0.2) is 41.7 Å². The smallest absolute Gasteiger partial charge is 0.168 e. The van der Waals surface area contributed by atoms with Gasteiger partial charge in [-0.15, -0.1) is 0 Å². The highest BCUT2D eigenvalue weighted by molar-refractivity contribution is 5.71. The first-order valence-corrected chi connectivity index (χ1v) is 4.13. The van der Waals surface area contributed by atoms with Crippen molar-refractivity contribution in [3.05, 3.63) is 42.4 Å². The predicted octanol–water partition coefficient (Wildman–Crippen LogP) is 1.47. The van der Waals surface area contributed by atoms with Crippen molar-refractivity contribution in [2.24, 2.45) is 4.99 Å². The van der Waals surface area contributed by atoms with E-state index in [0.717, 1.165) is 6.29 Å². The third-order valence-corrected chi connectivity index (χ3v) is 1.59. The lowest BCUT2D eigenvalue weighted by atomic mass is 10.4. The van der Waals surface area contributed by atoms with Crippen molar-refractivity contribution in [1.82, 2.24) is 9.78 Å². The molecule has 0 atom stereocenters. The Morgan fingerprint density at radius 1 is 1.57 bits per heavy atom. The molecular weight excluding hydrogens is 178 g/mol. The van der Waals surface area contributed by atoms with Gasteiger partial charge in [-0.1, -0.05) is 12.2 Å². The Bertz CT molecular complexity index is 363. The molecule has 0 N–H and O–H groups in total. The number of hydrogen-bond acceptors (Lipinski definition) is 3. The monoisotopic (exact) mass is 189 g/mol. The van der Waals surface area contributed by atoms with E-state index in [2.05, 4.69) is 16.8 Å². The van der Waals surface area contributed by atoms with Gasteiger partial charge >= 0.3 is 0 Å². The van der Waals surface area contributed by atoms with Gasteiger partial charge in [-0.05, 0) is 18.9 Å². The maximum Gasteiger partial charge on any atom is 0.168 e. The summed E-state index contributed by atoms with van der Waals surface area (Å²) >= 11 is 0. The maximum absolute atomic E-state index is 10.5. The number of carbonyl (C=O) groups excluding carboxylic acids is 1. The van der Waals surface area contributed by atoms with Gasteiger partial charge in [-0.25, -0.2) is 0 Å². The normalized spacial score (nSPS) is 11.1. The molecule has 4 heteroatoms. The Morgan fingerprint density at radius 3 is 3.14 bits per heavy atom. The summed E-state index contributed by atoms with van der Waals surface area (Å²) in [6.45, 7) is 3.87. The lowest BCUT2D eigenvalue weighted by Crippen LogP contribution is -2.01. The fourth-order valence-corrected chi connectivity index (χ4v) is 0.945. The lowest BCUT2D eigenvalue weighted by Gasteiger charge is -1.96. The zero-order valence-electron chi connectivity index (χ0n) is 7.71. The van der Waals surface area contributed by atoms with Crippen LogP contribution in [-0.2, 0) is 6.54 Å². The Hall–Kier alpha value is -1.97. The van der Waals surface area contributed by atoms with Crippen LogP contribution in [0.5, 0.6) is 0 Å². The quantitative estimate of drug-likeness (QED) is 0.400. The zero-order chi connectivity index (χ0) is 10.2. The van der Waals surface area contributed by atoms with Crippen LogP contribution in [0.3, 0.4) is 0 Å². The van der Waals surface area contributed by atoms with Crippen LogP contribution in [-0.4, -0.2) is 22.8 Å². The molecule has 0 aliphatic carbocycles. The number of aromatic nitrogens is 2. The third kappa shape index (κ3) is 2.82. The van der Waals surface area contributed by atoms with E-state index in [1.807, 2.05) is 12.2 Å². The molecule has 0 saturated heterocycles. The zero-order valence-corrected chi connectivity index (χ0v) is 7.71. The summed E-state index contributed by atoms with van der Waals surface area (Å²) in [5, 5.41) is 3.98. The van der Waals surface area contributed by atoms with E-state index in [4.69, 9.17) is 0 Å². The number of nitrogens with zero attached hydrogens (tertiary/aromatic N) is 3. The van der Waals surface area contributed by atoms with Gasteiger partial charge in [0.25, 0.3) is 0 Å². The fraction of sp³-hybridized carbons (Fsp3) is 0.100. The van der Waals surface area contributed by atoms with Crippen LogP contribution >= 0.6 is 0 Å².